The van der Waals surface area contributed by atoms with E-state index in [1.54, 1.807) is 0 Å². The molecule has 1 heterocycles. The zero-order valence-electron chi connectivity index (χ0n) is 10.3. The van der Waals surface area contributed by atoms with Crippen LogP contribution in [0, 0.1) is 5.92 Å². The van der Waals surface area contributed by atoms with E-state index in [9.17, 15) is 0 Å². The molecular formula is C14H20BrNO. The van der Waals surface area contributed by atoms with Gasteiger partial charge >= 0.3 is 0 Å². The minimum atomic E-state index is 0.583. The molecule has 2 rings (SSSR count). The van der Waals surface area contributed by atoms with Crippen molar-refractivity contribution in [3.63, 3.8) is 0 Å². The molecule has 0 aliphatic carbocycles. The molecule has 0 radical (unpaired) electrons. The third-order valence-electron chi connectivity index (χ3n) is 3.56. The van der Waals surface area contributed by atoms with Crippen LogP contribution in [0.2, 0.25) is 0 Å². The van der Waals surface area contributed by atoms with E-state index in [4.69, 9.17) is 4.74 Å². The molecule has 1 aromatic carbocycles. The SMILES string of the molecule is CNCC(c1ccccc1Br)C1CCOCC1. The summed E-state index contributed by atoms with van der Waals surface area (Å²) in [5.74, 6) is 1.31. The van der Waals surface area contributed by atoms with Crippen LogP contribution in [0.25, 0.3) is 0 Å². The second kappa shape index (κ2) is 6.53. The number of rotatable bonds is 4. The Bertz CT molecular complexity index is 350. The molecule has 17 heavy (non-hydrogen) atoms. The van der Waals surface area contributed by atoms with Gasteiger partial charge in [-0.2, -0.15) is 0 Å². The third-order valence-corrected chi connectivity index (χ3v) is 4.29. The zero-order valence-corrected chi connectivity index (χ0v) is 11.9. The van der Waals surface area contributed by atoms with E-state index in [2.05, 4.69) is 45.5 Å². The van der Waals surface area contributed by atoms with Gasteiger partial charge in [-0.25, -0.2) is 0 Å². The van der Waals surface area contributed by atoms with Crippen LogP contribution in [0.3, 0.4) is 0 Å². The van der Waals surface area contributed by atoms with Crippen LogP contribution in [-0.2, 0) is 4.74 Å². The first-order chi connectivity index (χ1) is 8.33. The van der Waals surface area contributed by atoms with Crippen LogP contribution >= 0.6 is 15.9 Å². The van der Waals surface area contributed by atoms with Crippen molar-refractivity contribution >= 4 is 15.9 Å². The maximum Gasteiger partial charge on any atom is 0.0468 e. The van der Waals surface area contributed by atoms with Crippen molar-refractivity contribution in [2.24, 2.45) is 5.92 Å². The van der Waals surface area contributed by atoms with Crippen molar-refractivity contribution in [3.8, 4) is 0 Å². The van der Waals surface area contributed by atoms with Gasteiger partial charge in [-0.05, 0) is 37.4 Å². The van der Waals surface area contributed by atoms with Crippen LogP contribution in [0.1, 0.15) is 24.3 Å². The maximum atomic E-state index is 5.46. The predicted molar refractivity (Wildman–Crippen MR) is 74.4 cm³/mol. The normalized spacial score (nSPS) is 19.2. The zero-order chi connectivity index (χ0) is 12.1. The van der Waals surface area contributed by atoms with E-state index < -0.39 is 0 Å². The minimum Gasteiger partial charge on any atom is -0.381 e. The van der Waals surface area contributed by atoms with Crippen LogP contribution in [0.15, 0.2) is 28.7 Å². The molecule has 1 unspecified atom stereocenters. The molecule has 0 bridgehead atoms. The highest BCUT2D eigenvalue weighted by atomic mass is 79.9. The lowest BCUT2D eigenvalue weighted by Crippen LogP contribution is -2.29. The molecule has 94 valence electrons. The summed E-state index contributed by atoms with van der Waals surface area (Å²) in [6.45, 7) is 2.86. The summed E-state index contributed by atoms with van der Waals surface area (Å²) >= 11 is 3.67. The number of benzene rings is 1. The Morgan fingerprint density at radius 3 is 2.71 bits per heavy atom. The van der Waals surface area contributed by atoms with Crippen molar-refractivity contribution in [3.05, 3.63) is 34.3 Å². The standard InChI is InChI=1S/C14H20BrNO/c1-16-10-13(11-6-8-17-9-7-11)12-4-2-3-5-14(12)15/h2-5,11,13,16H,6-10H2,1H3. The second-order valence-electron chi connectivity index (χ2n) is 4.64. The first-order valence-corrected chi connectivity index (χ1v) is 7.09. The molecule has 1 fully saturated rings. The highest BCUT2D eigenvalue weighted by Crippen LogP contribution is 2.35. The number of ether oxygens (including phenoxy) is 1. The Hall–Kier alpha value is -0.380. The van der Waals surface area contributed by atoms with Crippen molar-refractivity contribution in [1.82, 2.24) is 5.32 Å². The fourth-order valence-electron chi connectivity index (χ4n) is 2.64. The molecule has 1 saturated heterocycles. The minimum absolute atomic E-state index is 0.583. The summed E-state index contributed by atoms with van der Waals surface area (Å²) in [7, 11) is 2.03. The Labute approximate surface area is 112 Å². The summed E-state index contributed by atoms with van der Waals surface area (Å²) in [5.41, 5.74) is 1.42. The molecule has 0 amide bonds. The second-order valence-corrected chi connectivity index (χ2v) is 5.49. The van der Waals surface area contributed by atoms with Gasteiger partial charge in [0, 0.05) is 30.1 Å². The Kier molecular flexibility index (Phi) is 5.01. The molecule has 3 heteroatoms. The van der Waals surface area contributed by atoms with Crippen molar-refractivity contribution in [2.75, 3.05) is 26.8 Å². The number of halogens is 1. The van der Waals surface area contributed by atoms with Gasteiger partial charge in [0.15, 0.2) is 0 Å². The van der Waals surface area contributed by atoms with Crippen LogP contribution in [0.4, 0.5) is 0 Å². The topological polar surface area (TPSA) is 21.3 Å². The predicted octanol–water partition coefficient (Wildman–Crippen LogP) is 3.18. The van der Waals surface area contributed by atoms with Crippen molar-refractivity contribution < 1.29 is 4.74 Å². The van der Waals surface area contributed by atoms with Gasteiger partial charge in [0.2, 0.25) is 0 Å². The third kappa shape index (κ3) is 3.30. The van der Waals surface area contributed by atoms with Gasteiger partial charge in [-0.1, -0.05) is 34.1 Å². The van der Waals surface area contributed by atoms with Crippen LogP contribution in [-0.4, -0.2) is 26.8 Å². The summed E-state index contributed by atoms with van der Waals surface area (Å²) in [5, 5.41) is 3.33. The fraction of sp³-hybridized carbons (Fsp3) is 0.571. The number of nitrogens with one attached hydrogen (secondary N) is 1. The lowest BCUT2D eigenvalue weighted by molar-refractivity contribution is 0.0578. The Morgan fingerprint density at radius 2 is 2.06 bits per heavy atom. The summed E-state index contributed by atoms with van der Waals surface area (Å²) < 4.78 is 6.69. The van der Waals surface area contributed by atoms with Crippen LogP contribution < -0.4 is 5.32 Å². The van der Waals surface area contributed by atoms with Gasteiger partial charge in [0.1, 0.15) is 0 Å². The van der Waals surface area contributed by atoms with Gasteiger partial charge < -0.3 is 10.1 Å². The average Bonchev–Trinajstić information content (AvgIpc) is 2.38. The van der Waals surface area contributed by atoms with E-state index in [1.807, 2.05) is 7.05 Å². The molecule has 2 nitrogen and oxygen atoms in total. The van der Waals surface area contributed by atoms with E-state index in [-0.39, 0.29) is 0 Å². The molecule has 0 spiro atoms. The number of likely N-dealkylation sites (N-methyl/N-ethyl adjacent to an activating group) is 1. The quantitative estimate of drug-likeness (QED) is 0.922. The molecule has 0 aromatic heterocycles. The molecule has 1 atom stereocenters. The molecule has 1 aromatic rings. The van der Waals surface area contributed by atoms with Gasteiger partial charge in [0.25, 0.3) is 0 Å². The van der Waals surface area contributed by atoms with E-state index in [0.29, 0.717) is 5.92 Å². The summed E-state index contributed by atoms with van der Waals surface area (Å²) in [6, 6.07) is 8.58. The van der Waals surface area contributed by atoms with Crippen molar-refractivity contribution in [1.29, 1.82) is 0 Å². The smallest absolute Gasteiger partial charge is 0.0468 e. The van der Waals surface area contributed by atoms with Gasteiger partial charge in [-0.3, -0.25) is 0 Å². The van der Waals surface area contributed by atoms with Crippen molar-refractivity contribution in [2.45, 2.75) is 18.8 Å². The Balaban J connectivity index is 2.18. The fourth-order valence-corrected chi connectivity index (χ4v) is 3.22. The van der Waals surface area contributed by atoms with E-state index >= 15 is 0 Å². The summed E-state index contributed by atoms with van der Waals surface area (Å²) in [6.07, 6.45) is 2.35. The monoisotopic (exact) mass is 297 g/mol. The molecule has 1 aliphatic rings. The first-order valence-electron chi connectivity index (χ1n) is 6.29. The summed E-state index contributed by atoms with van der Waals surface area (Å²) in [4.78, 5) is 0. The van der Waals surface area contributed by atoms with E-state index in [1.165, 1.54) is 22.9 Å². The molecular weight excluding hydrogens is 278 g/mol. The number of hydrogen-bond donors (Lipinski definition) is 1. The first kappa shape index (κ1) is 13.1. The maximum absolute atomic E-state index is 5.46. The van der Waals surface area contributed by atoms with Gasteiger partial charge in [-0.15, -0.1) is 0 Å². The number of hydrogen-bond acceptors (Lipinski definition) is 2. The molecule has 0 saturated carbocycles. The average molecular weight is 298 g/mol. The molecule has 1 N–H and O–H groups in total. The Morgan fingerprint density at radius 1 is 1.35 bits per heavy atom. The molecule has 1 aliphatic heterocycles. The lowest BCUT2D eigenvalue weighted by atomic mass is 9.81. The highest BCUT2D eigenvalue weighted by molar-refractivity contribution is 9.10. The van der Waals surface area contributed by atoms with Gasteiger partial charge in [0.05, 0.1) is 0 Å². The van der Waals surface area contributed by atoms with Crippen LogP contribution in [0.5, 0.6) is 0 Å². The van der Waals surface area contributed by atoms with E-state index in [0.717, 1.165) is 25.7 Å². The highest BCUT2D eigenvalue weighted by Gasteiger charge is 2.26. The largest absolute Gasteiger partial charge is 0.381 e. The lowest BCUT2D eigenvalue weighted by Gasteiger charge is -2.31.